The first-order valence-corrected chi connectivity index (χ1v) is 22.8. The molecule has 2 aliphatic rings. The first kappa shape index (κ1) is 36.7. The second-order valence-corrected chi connectivity index (χ2v) is 17.9. The van der Waals surface area contributed by atoms with Gasteiger partial charge in [0.25, 0.3) is 0 Å². The van der Waals surface area contributed by atoms with E-state index in [0.29, 0.717) is 0 Å². The second kappa shape index (κ2) is 14.6. The van der Waals surface area contributed by atoms with Crippen LogP contribution in [0.2, 0.25) is 0 Å². The highest BCUT2D eigenvalue weighted by Gasteiger charge is 2.54. The molecule has 0 amide bonds. The fraction of sp³-hybridized carbons (Fsp3) is 0.0164. The summed E-state index contributed by atoms with van der Waals surface area (Å²) in [7, 11) is 0. The molecule has 1 aromatic heterocycles. The average Bonchev–Trinajstić information content (AvgIpc) is 3.99. The quantitative estimate of drug-likeness (QED) is 0.158. The van der Waals surface area contributed by atoms with Crippen LogP contribution >= 0.6 is 11.3 Å². The summed E-state index contributed by atoms with van der Waals surface area (Å²) in [5.41, 5.74) is 17.8. The molecule has 1 heterocycles. The minimum atomic E-state index is -0.563. The molecule has 300 valence electrons. The molecule has 3 heteroatoms. The average molecular weight is 833 g/mol. The van der Waals surface area contributed by atoms with Crippen LogP contribution in [0.25, 0.3) is 54.2 Å². The van der Waals surface area contributed by atoms with E-state index < -0.39 is 5.41 Å². The Morgan fingerprint density at radius 3 is 1.61 bits per heavy atom. The van der Waals surface area contributed by atoms with Crippen molar-refractivity contribution in [2.45, 2.75) is 5.41 Å². The lowest BCUT2D eigenvalue weighted by Gasteiger charge is -2.33. The Morgan fingerprint density at radius 2 is 0.844 bits per heavy atom. The van der Waals surface area contributed by atoms with E-state index >= 15 is 0 Å². The van der Waals surface area contributed by atoms with E-state index in [4.69, 9.17) is 0 Å². The first-order valence-electron chi connectivity index (χ1n) is 22.0. The highest BCUT2D eigenvalue weighted by Crippen LogP contribution is 2.67. The van der Waals surface area contributed by atoms with Gasteiger partial charge in [0.15, 0.2) is 0 Å². The summed E-state index contributed by atoms with van der Waals surface area (Å²) in [6.07, 6.45) is 0. The summed E-state index contributed by atoms with van der Waals surface area (Å²) in [6.45, 7) is 0. The molecule has 0 aliphatic heterocycles. The molecular weight excluding hydrogens is 793 g/mol. The monoisotopic (exact) mass is 832 g/mol. The Hall–Kier alpha value is -7.98. The molecule has 0 saturated carbocycles. The first-order chi connectivity index (χ1) is 31.8. The zero-order valence-electron chi connectivity index (χ0n) is 34.9. The molecule has 0 saturated heterocycles. The van der Waals surface area contributed by atoms with Crippen molar-refractivity contribution in [3.05, 3.63) is 264 Å². The number of fused-ring (bicyclic) bond motifs is 13. The van der Waals surface area contributed by atoms with Gasteiger partial charge in [0.05, 0.1) is 11.1 Å². The lowest BCUT2D eigenvalue weighted by atomic mass is 9.73. The molecule has 0 bridgehead atoms. The number of para-hydroxylation sites is 2. The van der Waals surface area contributed by atoms with Crippen molar-refractivity contribution >= 4 is 66.3 Å². The van der Waals surface area contributed by atoms with Gasteiger partial charge >= 0.3 is 0 Å². The molecular formula is C61H40N2S. The predicted molar refractivity (Wildman–Crippen MR) is 270 cm³/mol. The summed E-state index contributed by atoms with van der Waals surface area (Å²) in [5.74, 6) is 0. The lowest BCUT2D eigenvalue weighted by molar-refractivity contribution is 0.811. The van der Waals surface area contributed by atoms with Crippen molar-refractivity contribution < 1.29 is 0 Å². The van der Waals surface area contributed by atoms with Crippen LogP contribution in [0.4, 0.5) is 34.1 Å². The minimum absolute atomic E-state index is 0.563. The third-order valence-corrected chi connectivity index (χ3v) is 14.7. The molecule has 64 heavy (non-hydrogen) atoms. The van der Waals surface area contributed by atoms with E-state index in [0.717, 1.165) is 34.1 Å². The van der Waals surface area contributed by atoms with E-state index in [1.54, 1.807) is 0 Å². The third kappa shape index (κ3) is 5.44. The molecule has 10 aromatic carbocycles. The van der Waals surface area contributed by atoms with Crippen LogP contribution in [-0.2, 0) is 5.41 Å². The maximum atomic E-state index is 2.51. The summed E-state index contributed by atoms with van der Waals surface area (Å²) >= 11 is 1.95. The smallest absolute Gasteiger partial charge is 0.0820 e. The molecule has 1 unspecified atom stereocenters. The largest absolute Gasteiger partial charge is 0.310 e. The Bertz CT molecular complexity index is 3550. The van der Waals surface area contributed by atoms with Crippen LogP contribution in [0, 0.1) is 0 Å². The topological polar surface area (TPSA) is 6.48 Å². The number of thiophene rings is 1. The van der Waals surface area contributed by atoms with E-state index in [9.17, 15) is 0 Å². The van der Waals surface area contributed by atoms with Crippen LogP contribution in [0.15, 0.2) is 243 Å². The van der Waals surface area contributed by atoms with Crippen molar-refractivity contribution in [1.82, 2.24) is 0 Å². The van der Waals surface area contributed by atoms with Crippen LogP contribution in [-0.4, -0.2) is 0 Å². The SMILES string of the molecule is c1ccc(-c2ccc(N(c3ccccc3)c3ccc4c(c3)C3(c5ccccc5-c5ccc(N(c6ccccc6)c6cccc7ccccc67)cc53)c3sc5ccccc5c3-4)cc2)cc1. The molecule has 11 aromatic rings. The number of benzene rings is 10. The zero-order valence-corrected chi connectivity index (χ0v) is 35.7. The molecule has 2 nitrogen and oxygen atoms in total. The number of nitrogens with zero attached hydrogens (tertiary/aromatic N) is 2. The van der Waals surface area contributed by atoms with Crippen LogP contribution in [0.3, 0.4) is 0 Å². The van der Waals surface area contributed by atoms with Gasteiger partial charge in [-0.05, 0) is 123 Å². The van der Waals surface area contributed by atoms with Crippen molar-refractivity contribution in [2.24, 2.45) is 0 Å². The van der Waals surface area contributed by atoms with Crippen LogP contribution in [0.5, 0.6) is 0 Å². The number of rotatable bonds is 7. The van der Waals surface area contributed by atoms with Gasteiger partial charge in [-0.1, -0.05) is 170 Å². The molecule has 1 atom stereocenters. The Kier molecular flexibility index (Phi) is 8.34. The number of hydrogen-bond acceptors (Lipinski definition) is 3. The summed E-state index contributed by atoms with van der Waals surface area (Å²) in [6, 6.07) is 89.3. The van der Waals surface area contributed by atoms with E-state index in [1.165, 1.54) is 75.8 Å². The highest BCUT2D eigenvalue weighted by molar-refractivity contribution is 7.20. The van der Waals surface area contributed by atoms with Gasteiger partial charge in [-0.3, -0.25) is 0 Å². The van der Waals surface area contributed by atoms with Crippen molar-refractivity contribution in [3.63, 3.8) is 0 Å². The molecule has 0 radical (unpaired) electrons. The maximum Gasteiger partial charge on any atom is 0.0820 e. The molecule has 2 aliphatic carbocycles. The highest BCUT2D eigenvalue weighted by atomic mass is 32.1. The Balaban J connectivity index is 1.08. The normalized spacial score (nSPS) is 14.3. The van der Waals surface area contributed by atoms with Gasteiger partial charge < -0.3 is 9.80 Å². The van der Waals surface area contributed by atoms with Crippen LogP contribution in [0.1, 0.15) is 21.6 Å². The minimum Gasteiger partial charge on any atom is -0.310 e. The van der Waals surface area contributed by atoms with Gasteiger partial charge in [0, 0.05) is 54.3 Å². The van der Waals surface area contributed by atoms with Gasteiger partial charge in [-0.25, -0.2) is 0 Å². The maximum absolute atomic E-state index is 2.51. The Labute approximate surface area is 377 Å². The van der Waals surface area contributed by atoms with E-state index in [1.807, 2.05) is 11.3 Å². The number of anilines is 6. The molecule has 0 fully saturated rings. The predicted octanol–water partition coefficient (Wildman–Crippen LogP) is 17.0. The van der Waals surface area contributed by atoms with Crippen molar-refractivity contribution in [1.29, 1.82) is 0 Å². The molecule has 0 N–H and O–H groups in total. The van der Waals surface area contributed by atoms with Crippen LogP contribution < -0.4 is 9.80 Å². The van der Waals surface area contributed by atoms with Gasteiger partial charge in [-0.2, -0.15) is 0 Å². The van der Waals surface area contributed by atoms with Gasteiger partial charge in [-0.15, -0.1) is 11.3 Å². The zero-order chi connectivity index (χ0) is 42.2. The Morgan fingerprint density at radius 1 is 0.328 bits per heavy atom. The fourth-order valence-corrected chi connectivity index (χ4v) is 12.2. The fourth-order valence-electron chi connectivity index (χ4n) is 10.7. The second-order valence-electron chi connectivity index (χ2n) is 16.8. The third-order valence-electron chi connectivity index (χ3n) is 13.4. The summed E-state index contributed by atoms with van der Waals surface area (Å²) in [5, 5.41) is 3.75. The summed E-state index contributed by atoms with van der Waals surface area (Å²) < 4.78 is 1.31. The van der Waals surface area contributed by atoms with E-state index in [-0.39, 0.29) is 0 Å². The number of hydrogen-bond donors (Lipinski definition) is 0. The van der Waals surface area contributed by atoms with E-state index in [2.05, 4.69) is 252 Å². The van der Waals surface area contributed by atoms with Gasteiger partial charge in [0.2, 0.25) is 0 Å². The van der Waals surface area contributed by atoms with Crippen molar-refractivity contribution in [3.8, 4) is 33.4 Å². The molecule has 1 spiro atoms. The standard InChI is InChI=1S/C61H40N2S/c1-4-17-41(18-5-1)42-31-33-46(34-32-42)62(44-21-6-2-7-22-44)47-36-38-52-56(39-47)61(60-59(52)53-27-13-15-30-58(53)64-60)54-28-14-12-26-50(54)51-37-35-48(40-55(51)61)63(45-23-8-3-9-24-45)57-29-16-20-43-19-10-11-25-49(43)57/h1-40H. The molecule has 13 rings (SSSR count). The summed E-state index contributed by atoms with van der Waals surface area (Å²) in [4.78, 5) is 6.26. The van der Waals surface area contributed by atoms with Gasteiger partial charge in [0.1, 0.15) is 0 Å². The lowest BCUT2D eigenvalue weighted by Crippen LogP contribution is -2.25. The van der Waals surface area contributed by atoms with Crippen molar-refractivity contribution in [2.75, 3.05) is 9.80 Å².